The first-order chi connectivity index (χ1) is 9.58. The summed E-state index contributed by atoms with van der Waals surface area (Å²) in [6, 6.07) is 5.91. The third-order valence-corrected chi connectivity index (χ3v) is 3.13. The molecule has 1 atom stereocenters. The van der Waals surface area contributed by atoms with Gasteiger partial charge in [-0.15, -0.1) is 0 Å². The highest BCUT2D eigenvalue weighted by atomic mass is 16.5. The highest BCUT2D eigenvalue weighted by molar-refractivity contribution is 5.39. The van der Waals surface area contributed by atoms with Crippen LogP contribution in [0, 0.1) is 13.8 Å². The Morgan fingerprint density at radius 1 is 1.10 bits per heavy atom. The van der Waals surface area contributed by atoms with Crippen molar-refractivity contribution in [3.8, 4) is 5.75 Å². The predicted molar refractivity (Wildman–Crippen MR) is 78.0 cm³/mol. The van der Waals surface area contributed by atoms with Gasteiger partial charge in [0.2, 0.25) is 0 Å². The van der Waals surface area contributed by atoms with Crippen LogP contribution >= 0.6 is 0 Å². The maximum Gasteiger partial charge on any atom is 0.125 e. The van der Waals surface area contributed by atoms with Crippen molar-refractivity contribution in [3.05, 3.63) is 29.3 Å². The molecule has 0 spiro atoms. The summed E-state index contributed by atoms with van der Waals surface area (Å²) in [6.45, 7) is 5.37. The molecule has 3 N–H and O–H groups in total. The third-order valence-electron chi connectivity index (χ3n) is 3.13. The zero-order valence-corrected chi connectivity index (χ0v) is 12.2. The molecule has 114 valence electrons. The van der Waals surface area contributed by atoms with E-state index in [1.54, 1.807) is 4.90 Å². The van der Waals surface area contributed by atoms with E-state index in [4.69, 9.17) is 14.9 Å². The van der Waals surface area contributed by atoms with Gasteiger partial charge in [-0.3, -0.25) is 4.90 Å². The Labute approximate surface area is 120 Å². The van der Waals surface area contributed by atoms with E-state index in [-0.39, 0.29) is 19.8 Å². The average Bonchev–Trinajstić information content (AvgIpc) is 2.38. The van der Waals surface area contributed by atoms with Crippen LogP contribution in [0.2, 0.25) is 0 Å². The summed E-state index contributed by atoms with van der Waals surface area (Å²) in [5.74, 6) is 0.808. The lowest BCUT2D eigenvalue weighted by Gasteiger charge is -2.24. The van der Waals surface area contributed by atoms with Crippen molar-refractivity contribution in [2.45, 2.75) is 20.0 Å². The second kappa shape index (κ2) is 8.92. The Balaban J connectivity index is 2.48. The molecule has 20 heavy (non-hydrogen) atoms. The molecular formula is C15H25NO4. The smallest absolute Gasteiger partial charge is 0.125 e. The number of aliphatic hydroxyl groups is 3. The lowest BCUT2D eigenvalue weighted by atomic mass is 10.1. The third kappa shape index (κ3) is 5.46. The number of aryl methyl sites for hydroxylation is 2. The summed E-state index contributed by atoms with van der Waals surface area (Å²) in [5, 5.41) is 27.8. The quantitative estimate of drug-likeness (QED) is 0.609. The van der Waals surface area contributed by atoms with Gasteiger partial charge in [0, 0.05) is 19.6 Å². The normalized spacial score (nSPS) is 12.7. The molecule has 0 aliphatic rings. The van der Waals surface area contributed by atoms with E-state index in [0.717, 1.165) is 16.9 Å². The topological polar surface area (TPSA) is 73.2 Å². The second-order valence-corrected chi connectivity index (χ2v) is 4.93. The van der Waals surface area contributed by atoms with Crippen molar-refractivity contribution in [3.63, 3.8) is 0 Å². The van der Waals surface area contributed by atoms with Gasteiger partial charge in [-0.2, -0.15) is 0 Å². The van der Waals surface area contributed by atoms with Crippen molar-refractivity contribution in [2.75, 3.05) is 39.5 Å². The molecule has 1 rings (SSSR count). The fourth-order valence-electron chi connectivity index (χ4n) is 2.13. The average molecular weight is 283 g/mol. The first-order valence-corrected chi connectivity index (χ1v) is 6.89. The van der Waals surface area contributed by atoms with Crippen LogP contribution in [-0.2, 0) is 0 Å². The molecule has 0 heterocycles. The molecule has 1 aromatic rings. The fraction of sp³-hybridized carbons (Fsp3) is 0.600. The van der Waals surface area contributed by atoms with E-state index in [2.05, 4.69) is 0 Å². The molecular weight excluding hydrogens is 258 g/mol. The zero-order chi connectivity index (χ0) is 15.0. The number of hydrogen-bond donors (Lipinski definition) is 3. The van der Waals surface area contributed by atoms with E-state index in [1.165, 1.54) is 0 Å². The first kappa shape index (κ1) is 16.9. The SMILES string of the molecule is Cc1cccc(C)c1OC[C@@H](O)CN(CCO)CCO. The summed E-state index contributed by atoms with van der Waals surface area (Å²) < 4.78 is 5.68. The van der Waals surface area contributed by atoms with Gasteiger partial charge in [-0.25, -0.2) is 0 Å². The Hall–Kier alpha value is -1.14. The molecule has 0 aliphatic heterocycles. The maximum atomic E-state index is 9.99. The number of para-hydroxylation sites is 1. The summed E-state index contributed by atoms with van der Waals surface area (Å²) in [6.07, 6.45) is -0.660. The Bertz CT molecular complexity index is 371. The maximum absolute atomic E-state index is 9.99. The van der Waals surface area contributed by atoms with Crippen LogP contribution in [0.15, 0.2) is 18.2 Å². The van der Waals surface area contributed by atoms with Crippen molar-refractivity contribution in [2.24, 2.45) is 0 Å². The number of rotatable bonds is 9. The minimum Gasteiger partial charge on any atom is -0.490 e. The van der Waals surface area contributed by atoms with Crippen LogP contribution in [0.3, 0.4) is 0 Å². The molecule has 1 aromatic carbocycles. The minimum absolute atomic E-state index is 0.00444. The van der Waals surface area contributed by atoms with Crippen LogP contribution in [0.5, 0.6) is 5.75 Å². The van der Waals surface area contributed by atoms with Crippen LogP contribution in [0.1, 0.15) is 11.1 Å². The monoisotopic (exact) mass is 283 g/mol. The summed E-state index contributed by atoms with van der Waals surface area (Å²) >= 11 is 0. The first-order valence-electron chi connectivity index (χ1n) is 6.89. The molecule has 0 saturated carbocycles. The lowest BCUT2D eigenvalue weighted by molar-refractivity contribution is 0.0549. The molecule has 5 nitrogen and oxygen atoms in total. The van der Waals surface area contributed by atoms with Crippen LogP contribution in [0.4, 0.5) is 0 Å². The van der Waals surface area contributed by atoms with Crippen LogP contribution in [0.25, 0.3) is 0 Å². The molecule has 0 aliphatic carbocycles. The number of benzene rings is 1. The molecule has 0 bridgehead atoms. The van der Waals surface area contributed by atoms with Gasteiger partial charge < -0.3 is 20.1 Å². The van der Waals surface area contributed by atoms with Crippen molar-refractivity contribution >= 4 is 0 Å². The van der Waals surface area contributed by atoms with Gasteiger partial charge in [0.05, 0.1) is 13.2 Å². The van der Waals surface area contributed by atoms with Gasteiger partial charge in [-0.1, -0.05) is 18.2 Å². The van der Waals surface area contributed by atoms with Crippen molar-refractivity contribution in [1.82, 2.24) is 4.90 Å². The van der Waals surface area contributed by atoms with E-state index in [0.29, 0.717) is 19.6 Å². The van der Waals surface area contributed by atoms with E-state index in [9.17, 15) is 5.11 Å². The van der Waals surface area contributed by atoms with Gasteiger partial charge in [0.15, 0.2) is 0 Å². The second-order valence-electron chi connectivity index (χ2n) is 4.93. The number of nitrogens with zero attached hydrogens (tertiary/aromatic N) is 1. The summed E-state index contributed by atoms with van der Waals surface area (Å²) in [4.78, 5) is 1.80. The zero-order valence-electron chi connectivity index (χ0n) is 12.2. The Morgan fingerprint density at radius 2 is 1.65 bits per heavy atom. The molecule has 0 amide bonds. The molecule has 0 saturated heterocycles. The standard InChI is InChI=1S/C15H25NO4/c1-12-4-3-5-13(2)15(12)20-11-14(19)10-16(6-8-17)7-9-18/h3-5,14,17-19H,6-11H2,1-2H3/t14-/m0/s1. The Morgan fingerprint density at radius 3 is 2.15 bits per heavy atom. The van der Waals surface area contributed by atoms with Crippen LogP contribution < -0.4 is 4.74 Å². The lowest BCUT2D eigenvalue weighted by Crippen LogP contribution is -2.39. The predicted octanol–water partition coefficient (Wildman–Crippen LogP) is 0.330. The number of hydrogen-bond acceptors (Lipinski definition) is 5. The van der Waals surface area contributed by atoms with Gasteiger partial charge in [-0.05, 0) is 25.0 Å². The van der Waals surface area contributed by atoms with Gasteiger partial charge >= 0.3 is 0 Å². The van der Waals surface area contributed by atoms with E-state index >= 15 is 0 Å². The molecule has 0 fully saturated rings. The van der Waals surface area contributed by atoms with Gasteiger partial charge in [0.1, 0.15) is 18.5 Å². The van der Waals surface area contributed by atoms with Crippen molar-refractivity contribution < 1.29 is 20.1 Å². The molecule has 0 radical (unpaired) electrons. The van der Waals surface area contributed by atoms with Crippen molar-refractivity contribution in [1.29, 1.82) is 0 Å². The Kier molecular flexibility index (Phi) is 7.54. The molecule has 0 unspecified atom stereocenters. The summed E-state index contributed by atoms with van der Waals surface area (Å²) in [5.41, 5.74) is 2.08. The minimum atomic E-state index is -0.660. The van der Waals surface area contributed by atoms with E-state index in [1.807, 2.05) is 32.0 Å². The molecule has 0 aromatic heterocycles. The fourth-order valence-corrected chi connectivity index (χ4v) is 2.13. The van der Waals surface area contributed by atoms with Crippen LogP contribution in [-0.4, -0.2) is 65.8 Å². The highest BCUT2D eigenvalue weighted by Gasteiger charge is 2.13. The highest BCUT2D eigenvalue weighted by Crippen LogP contribution is 2.22. The number of ether oxygens (including phenoxy) is 1. The summed E-state index contributed by atoms with van der Waals surface area (Å²) in [7, 11) is 0. The largest absolute Gasteiger partial charge is 0.490 e. The number of aliphatic hydroxyl groups excluding tert-OH is 3. The molecule has 5 heteroatoms. The van der Waals surface area contributed by atoms with E-state index < -0.39 is 6.10 Å². The van der Waals surface area contributed by atoms with Gasteiger partial charge in [0.25, 0.3) is 0 Å².